The van der Waals surface area contributed by atoms with Crippen LogP contribution in [0, 0.1) is 5.92 Å². The first-order valence-electron chi connectivity index (χ1n) is 6.41. The van der Waals surface area contributed by atoms with Crippen molar-refractivity contribution in [1.29, 1.82) is 0 Å². The Kier molecular flexibility index (Phi) is 3.02. The number of hydrogen-bond acceptors (Lipinski definition) is 4. The zero-order chi connectivity index (χ0) is 14.3. The molecule has 0 aromatic heterocycles. The molecule has 0 aliphatic carbocycles. The van der Waals surface area contributed by atoms with Crippen molar-refractivity contribution in [3.8, 4) is 0 Å². The van der Waals surface area contributed by atoms with Gasteiger partial charge in [-0.25, -0.2) is 4.90 Å². The van der Waals surface area contributed by atoms with Crippen molar-refractivity contribution in [2.24, 2.45) is 5.92 Å². The van der Waals surface area contributed by atoms with Crippen LogP contribution in [-0.4, -0.2) is 40.6 Å². The van der Waals surface area contributed by atoms with E-state index in [9.17, 15) is 14.4 Å². The first-order valence-corrected chi connectivity index (χ1v) is 6.41. The molecule has 2 heterocycles. The number of ether oxygens (including phenoxy) is 1. The topological polar surface area (TPSA) is 83.9 Å². The molecule has 2 aliphatic heterocycles. The van der Waals surface area contributed by atoms with Gasteiger partial charge >= 0.3 is 5.97 Å². The van der Waals surface area contributed by atoms with Crippen LogP contribution in [0.5, 0.6) is 0 Å². The first-order chi connectivity index (χ1) is 9.59. The third-order valence-corrected chi connectivity index (χ3v) is 3.73. The number of nitrogens with zero attached hydrogens (tertiary/aromatic N) is 1. The van der Waals surface area contributed by atoms with Crippen molar-refractivity contribution in [1.82, 2.24) is 4.90 Å². The lowest BCUT2D eigenvalue weighted by Gasteiger charge is -2.32. The molecule has 1 N–H and O–H groups in total. The number of carbonyl (C=O) groups excluding carboxylic acids is 2. The van der Waals surface area contributed by atoms with Gasteiger partial charge in [0.25, 0.3) is 11.8 Å². The van der Waals surface area contributed by atoms with Crippen molar-refractivity contribution in [2.75, 3.05) is 6.61 Å². The average Bonchev–Trinajstić information content (AvgIpc) is 2.72. The Morgan fingerprint density at radius 3 is 2.35 bits per heavy atom. The average molecular weight is 275 g/mol. The molecule has 6 heteroatoms. The van der Waals surface area contributed by atoms with Crippen molar-refractivity contribution < 1.29 is 24.2 Å². The lowest BCUT2D eigenvalue weighted by molar-refractivity contribution is -0.150. The van der Waals surface area contributed by atoms with E-state index in [-0.39, 0.29) is 13.0 Å². The molecular weight excluding hydrogens is 262 g/mol. The summed E-state index contributed by atoms with van der Waals surface area (Å²) in [4.78, 5) is 36.6. The highest BCUT2D eigenvalue weighted by Gasteiger charge is 2.43. The lowest BCUT2D eigenvalue weighted by atomic mass is 9.98. The summed E-state index contributed by atoms with van der Waals surface area (Å²) in [5.41, 5.74) is 0.692. The van der Waals surface area contributed by atoms with E-state index in [0.717, 1.165) is 4.90 Å². The van der Waals surface area contributed by atoms with Crippen LogP contribution < -0.4 is 0 Å². The van der Waals surface area contributed by atoms with Gasteiger partial charge in [-0.3, -0.25) is 14.4 Å². The highest BCUT2D eigenvalue weighted by Crippen LogP contribution is 2.30. The highest BCUT2D eigenvalue weighted by atomic mass is 16.5. The summed E-state index contributed by atoms with van der Waals surface area (Å²) in [7, 11) is 0. The first kappa shape index (κ1) is 12.8. The fraction of sp³-hybridized carbons (Fsp3) is 0.357. The maximum atomic E-state index is 12.3. The van der Waals surface area contributed by atoms with Crippen LogP contribution in [0.25, 0.3) is 0 Å². The van der Waals surface area contributed by atoms with Crippen LogP contribution in [-0.2, 0) is 9.53 Å². The molecule has 104 valence electrons. The molecule has 1 fully saturated rings. The Morgan fingerprint density at radius 2 is 1.80 bits per heavy atom. The van der Waals surface area contributed by atoms with E-state index in [1.54, 1.807) is 24.3 Å². The van der Waals surface area contributed by atoms with Crippen molar-refractivity contribution in [2.45, 2.75) is 19.1 Å². The zero-order valence-electron chi connectivity index (χ0n) is 10.6. The molecule has 2 aliphatic rings. The van der Waals surface area contributed by atoms with E-state index in [4.69, 9.17) is 9.84 Å². The van der Waals surface area contributed by atoms with Gasteiger partial charge in [-0.1, -0.05) is 12.1 Å². The molecule has 1 aromatic rings. The molecule has 20 heavy (non-hydrogen) atoms. The fourth-order valence-corrected chi connectivity index (χ4v) is 2.65. The Hall–Kier alpha value is -2.21. The minimum atomic E-state index is -0.921. The number of benzene rings is 1. The molecule has 3 rings (SSSR count). The van der Waals surface area contributed by atoms with E-state index in [2.05, 4.69) is 0 Å². The van der Waals surface area contributed by atoms with Gasteiger partial charge in [0.05, 0.1) is 23.7 Å². The minimum Gasteiger partial charge on any atom is -0.481 e. The zero-order valence-corrected chi connectivity index (χ0v) is 10.6. The van der Waals surface area contributed by atoms with Crippen LogP contribution in [0.15, 0.2) is 24.3 Å². The molecule has 0 radical (unpaired) electrons. The summed E-state index contributed by atoms with van der Waals surface area (Å²) < 4.78 is 5.44. The third-order valence-electron chi connectivity index (χ3n) is 3.73. The van der Waals surface area contributed by atoms with Gasteiger partial charge in [-0.15, -0.1) is 0 Å². The Labute approximate surface area is 114 Å². The van der Waals surface area contributed by atoms with Gasteiger partial charge < -0.3 is 9.84 Å². The maximum Gasteiger partial charge on any atom is 0.306 e. The molecule has 0 spiro atoms. The monoisotopic (exact) mass is 275 g/mol. The summed E-state index contributed by atoms with van der Waals surface area (Å²) in [6.07, 6.45) is -0.257. The van der Waals surface area contributed by atoms with Crippen LogP contribution in [0.1, 0.15) is 33.6 Å². The lowest BCUT2D eigenvalue weighted by Crippen LogP contribution is -2.46. The number of imide groups is 1. The number of carbonyl (C=O) groups is 3. The number of hydrogen-bond donors (Lipinski definition) is 1. The number of fused-ring (bicyclic) bond motifs is 1. The van der Waals surface area contributed by atoms with Gasteiger partial charge in [0.15, 0.2) is 0 Å². The van der Waals surface area contributed by atoms with Crippen molar-refractivity contribution in [3.63, 3.8) is 0 Å². The maximum absolute atomic E-state index is 12.3. The van der Waals surface area contributed by atoms with E-state index in [1.165, 1.54) is 0 Å². The summed E-state index contributed by atoms with van der Waals surface area (Å²) in [5, 5.41) is 9.06. The van der Waals surface area contributed by atoms with E-state index in [1.807, 2.05) is 0 Å². The summed E-state index contributed by atoms with van der Waals surface area (Å²) in [6.45, 7) is 0.231. The SMILES string of the molecule is O=C(O)C1CCOC(N2C(=O)c3ccccc3C2=O)C1. The second-order valence-electron chi connectivity index (χ2n) is 4.91. The van der Waals surface area contributed by atoms with Gasteiger partial charge in [0, 0.05) is 6.42 Å². The molecule has 2 unspecified atom stereocenters. The third kappa shape index (κ3) is 1.89. The van der Waals surface area contributed by atoms with Crippen molar-refractivity contribution in [3.05, 3.63) is 35.4 Å². The molecule has 1 saturated heterocycles. The van der Waals surface area contributed by atoms with E-state index in [0.29, 0.717) is 17.5 Å². The predicted octanol–water partition coefficient (Wildman–Crippen LogP) is 1.12. The standard InChI is InChI=1S/C14H13NO5/c16-12-9-3-1-2-4-10(9)13(17)15(12)11-7-8(14(18)19)5-6-20-11/h1-4,8,11H,5-7H2,(H,18,19). The van der Waals surface area contributed by atoms with Gasteiger partial charge in [0.1, 0.15) is 6.23 Å². The van der Waals surface area contributed by atoms with E-state index >= 15 is 0 Å². The fourth-order valence-electron chi connectivity index (χ4n) is 2.65. The quantitative estimate of drug-likeness (QED) is 0.818. The summed E-state index contributed by atoms with van der Waals surface area (Å²) >= 11 is 0. The van der Waals surface area contributed by atoms with Gasteiger partial charge in [-0.2, -0.15) is 0 Å². The summed E-state index contributed by atoms with van der Waals surface area (Å²) in [6, 6.07) is 6.56. The largest absolute Gasteiger partial charge is 0.481 e. The Morgan fingerprint density at radius 1 is 1.20 bits per heavy atom. The number of amides is 2. The molecule has 2 atom stereocenters. The Bertz CT molecular complexity index is 562. The number of aliphatic carboxylic acids is 1. The second kappa shape index (κ2) is 4.72. The predicted molar refractivity (Wildman–Crippen MR) is 67.0 cm³/mol. The van der Waals surface area contributed by atoms with Gasteiger partial charge in [0.2, 0.25) is 0 Å². The van der Waals surface area contributed by atoms with Crippen LogP contribution in [0.4, 0.5) is 0 Å². The molecular formula is C14H13NO5. The van der Waals surface area contributed by atoms with Crippen LogP contribution in [0.2, 0.25) is 0 Å². The molecule has 2 amide bonds. The summed E-state index contributed by atoms with van der Waals surface area (Å²) in [5.74, 6) is -2.34. The van der Waals surface area contributed by atoms with Crippen LogP contribution in [0.3, 0.4) is 0 Å². The number of rotatable bonds is 2. The number of carboxylic acid groups (broad SMARTS) is 1. The van der Waals surface area contributed by atoms with Crippen molar-refractivity contribution >= 4 is 17.8 Å². The molecule has 0 bridgehead atoms. The second-order valence-corrected chi connectivity index (χ2v) is 4.91. The van der Waals surface area contributed by atoms with Gasteiger partial charge in [-0.05, 0) is 18.6 Å². The van der Waals surface area contributed by atoms with E-state index < -0.39 is 29.9 Å². The minimum absolute atomic E-state index is 0.140. The molecule has 0 saturated carbocycles. The normalized spacial score (nSPS) is 25.7. The number of carboxylic acids is 1. The smallest absolute Gasteiger partial charge is 0.306 e. The van der Waals surface area contributed by atoms with Crippen LogP contribution >= 0.6 is 0 Å². The Balaban J connectivity index is 1.87. The molecule has 6 nitrogen and oxygen atoms in total. The highest BCUT2D eigenvalue weighted by molar-refractivity contribution is 6.21. The molecule has 1 aromatic carbocycles.